The molecule has 0 bridgehead atoms. The summed E-state index contributed by atoms with van der Waals surface area (Å²) in [6.45, 7) is 9.06. The van der Waals surface area contributed by atoms with E-state index in [9.17, 15) is 26.7 Å². The van der Waals surface area contributed by atoms with Crippen LogP contribution in [0.5, 0.6) is 0 Å². The zero-order chi connectivity index (χ0) is 20.2. The Morgan fingerprint density at radius 2 is 1.73 bits per heavy atom. The summed E-state index contributed by atoms with van der Waals surface area (Å²) in [4.78, 5) is 12.5. The molecule has 0 spiro atoms. The van der Waals surface area contributed by atoms with Gasteiger partial charge in [-0.1, -0.05) is 29.2 Å². The maximum absolute atomic E-state index is 14.1. The molecule has 9 heteroatoms. The van der Waals surface area contributed by atoms with E-state index >= 15 is 0 Å². The van der Waals surface area contributed by atoms with Crippen molar-refractivity contribution in [1.82, 2.24) is 0 Å². The molecule has 142 valence electrons. The Kier molecular flexibility index (Phi) is 6.67. The molecule has 1 aromatic rings. The lowest BCUT2D eigenvalue weighted by atomic mass is 10.2. The summed E-state index contributed by atoms with van der Waals surface area (Å²) in [6, 6.07) is 5.86. The van der Waals surface area contributed by atoms with E-state index in [2.05, 4.69) is 24.5 Å². The summed E-state index contributed by atoms with van der Waals surface area (Å²) < 4.78 is 68.6. The lowest BCUT2D eigenvalue weighted by Gasteiger charge is -2.30. The van der Waals surface area contributed by atoms with Crippen molar-refractivity contribution in [2.24, 2.45) is 0 Å². The average molecular weight is 391 g/mol. The normalized spacial score (nSPS) is 14.2. The Bertz CT molecular complexity index is 685. The number of hydrogen-bond acceptors (Lipinski definition) is 2. The smallest absolute Gasteiger partial charge is 0.310 e. The van der Waals surface area contributed by atoms with Crippen molar-refractivity contribution in [3.63, 3.8) is 0 Å². The summed E-state index contributed by atoms with van der Waals surface area (Å²) >= 11 is 0. The molecule has 0 aliphatic carbocycles. The molecule has 1 amide bonds. The highest BCUT2D eigenvalue weighted by atomic mass is 28.3. The van der Waals surface area contributed by atoms with Crippen molar-refractivity contribution in [2.45, 2.75) is 12.0 Å². The van der Waals surface area contributed by atoms with Crippen LogP contribution in [0.3, 0.4) is 0 Å². The number of hydrogen-bond donors (Lipinski definition) is 0. The Labute approximate surface area is 149 Å². The largest absolute Gasteiger partial charge is 0.458 e. The highest BCUT2D eigenvalue weighted by Crippen LogP contribution is 2.37. The number of nitrogens with zero attached hydrogens (tertiary/aromatic N) is 1. The quantitative estimate of drug-likeness (QED) is 0.500. The van der Waals surface area contributed by atoms with E-state index in [1.165, 1.54) is 18.2 Å². The molecule has 26 heavy (non-hydrogen) atoms. The number of amides is 1. The van der Waals surface area contributed by atoms with Gasteiger partial charge in [0.2, 0.25) is 0 Å². The second-order valence-corrected chi connectivity index (χ2v) is 8.97. The first-order valence-electron chi connectivity index (χ1n) is 7.28. The van der Waals surface area contributed by atoms with Crippen LogP contribution in [0.25, 0.3) is 0 Å². The molecule has 0 N–H and O–H groups in total. The first-order chi connectivity index (χ1) is 12.0. The number of likely N-dealkylation sites (N-methyl/N-ethyl adjacent to an activating group) is 1. The fourth-order valence-electron chi connectivity index (χ4n) is 2.26. The zero-order valence-electron chi connectivity index (χ0n) is 14.0. The summed E-state index contributed by atoms with van der Waals surface area (Å²) in [5, 5.41) is 0.623. The first-order valence-corrected chi connectivity index (χ1v) is 9.51. The van der Waals surface area contributed by atoms with Crippen molar-refractivity contribution < 1.29 is 31.5 Å². The number of carbonyl (C=O) groups excluding carboxylic acids is 1. The van der Waals surface area contributed by atoms with Gasteiger partial charge in [0, 0.05) is 12.7 Å². The number of carbonyl (C=O) groups is 1. The zero-order valence-corrected chi connectivity index (χ0v) is 15.0. The van der Waals surface area contributed by atoms with Crippen molar-refractivity contribution in [3.05, 3.63) is 61.1 Å². The molecule has 0 aliphatic rings. The minimum absolute atomic E-state index is 0.0383. The standard InChI is InChI=1S/C17H18F5NO2Si/c1-5-26(6-2,7-3)14-10-8-9-13(11-14)23(4)15(24)16(19,25-12-18)17(20,21)22/h5-11H,1-3,12H2,4H3. The molecule has 1 rings (SSSR count). The van der Waals surface area contributed by atoms with Crippen LogP contribution in [0, 0.1) is 0 Å². The Morgan fingerprint density at radius 3 is 2.15 bits per heavy atom. The Morgan fingerprint density at radius 1 is 1.19 bits per heavy atom. The van der Waals surface area contributed by atoms with Gasteiger partial charge in [-0.3, -0.25) is 9.53 Å². The number of benzene rings is 1. The average Bonchev–Trinajstić information content (AvgIpc) is 2.62. The van der Waals surface area contributed by atoms with Crippen LogP contribution in [0.15, 0.2) is 61.1 Å². The van der Waals surface area contributed by atoms with Gasteiger partial charge in [-0.25, -0.2) is 4.39 Å². The molecule has 0 heterocycles. The van der Waals surface area contributed by atoms with E-state index in [0.29, 0.717) is 10.1 Å². The predicted molar refractivity (Wildman–Crippen MR) is 92.8 cm³/mol. The van der Waals surface area contributed by atoms with Gasteiger partial charge in [-0.2, -0.15) is 17.6 Å². The molecule has 3 nitrogen and oxygen atoms in total. The molecule has 1 aromatic carbocycles. The fourth-order valence-corrected chi connectivity index (χ4v) is 4.25. The van der Waals surface area contributed by atoms with Crippen molar-refractivity contribution >= 4 is 24.9 Å². The van der Waals surface area contributed by atoms with Gasteiger partial charge in [0.05, 0.1) is 0 Å². The van der Waals surface area contributed by atoms with Crippen LogP contribution >= 0.6 is 0 Å². The fraction of sp³-hybridized carbons (Fsp3) is 0.235. The topological polar surface area (TPSA) is 29.5 Å². The second-order valence-electron chi connectivity index (χ2n) is 5.31. The Balaban J connectivity index is 3.37. The molecule has 0 radical (unpaired) electrons. The van der Waals surface area contributed by atoms with Gasteiger partial charge in [-0.05, 0) is 17.3 Å². The lowest BCUT2D eigenvalue weighted by Crippen LogP contribution is -2.56. The highest BCUT2D eigenvalue weighted by molar-refractivity contribution is 7.03. The molecule has 0 saturated carbocycles. The van der Waals surface area contributed by atoms with E-state index in [1.807, 2.05) is 0 Å². The van der Waals surface area contributed by atoms with Crippen LogP contribution < -0.4 is 10.1 Å². The summed E-state index contributed by atoms with van der Waals surface area (Å²) in [6.07, 6.45) is -5.75. The van der Waals surface area contributed by atoms with Gasteiger partial charge in [0.1, 0.15) is 0 Å². The monoisotopic (exact) mass is 391 g/mol. The maximum Gasteiger partial charge on any atom is 0.458 e. The van der Waals surface area contributed by atoms with E-state index in [1.54, 1.807) is 23.2 Å². The van der Waals surface area contributed by atoms with Crippen LogP contribution in [0.1, 0.15) is 0 Å². The predicted octanol–water partition coefficient (Wildman–Crippen LogP) is 3.65. The number of alkyl halides is 5. The Hall–Kier alpha value is -2.26. The minimum Gasteiger partial charge on any atom is -0.310 e. The number of rotatable bonds is 8. The second kappa shape index (κ2) is 7.96. The molecular weight excluding hydrogens is 373 g/mol. The third kappa shape index (κ3) is 3.78. The summed E-state index contributed by atoms with van der Waals surface area (Å²) in [5.41, 5.74) is 4.86. The van der Waals surface area contributed by atoms with Crippen LogP contribution in [0.2, 0.25) is 0 Å². The number of anilines is 1. The molecule has 0 aliphatic heterocycles. The van der Waals surface area contributed by atoms with Gasteiger partial charge >= 0.3 is 17.9 Å². The molecule has 1 atom stereocenters. The third-order valence-electron chi connectivity index (χ3n) is 3.94. The van der Waals surface area contributed by atoms with Crippen LogP contribution in [0.4, 0.5) is 27.6 Å². The van der Waals surface area contributed by atoms with E-state index in [-0.39, 0.29) is 5.69 Å². The SMILES string of the molecule is C=C[Si](C=C)(C=C)c1cccc(N(C)C(=O)C(F)(OCF)C(F)(F)F)c1. The molecule has 1 unspecified atom stereocenters. The highest BCUT2D eigenvalue weighted by Gasteiger charge is 2.65. The van der Waals surface area contributed by atoms with Gasteiger partial charge < -0.3 is 4.90 Å². The summed E-state index contributed by atoms with van der Waals surface area (Å²) in [7, 11) is -1.62. The van der Waals surface area contributed by atoms with Gasteiger partial charge in [-0.15, -0.1) is 19.7 Å². The van der Waals surface area contributed by atoms with Crippen molar-refractivity contribution in [1.29, 1.82) is 0 Å². The number of halogens is 5. The third-order valence-corrected chi connectivity index (χ3v) is 7.28. The first kappa shape index (κ1) is 21.8. The van der Waals surface area contributed by atoms with Gasteiger partial charge in [0.25, 0.3) is 0 Å². The number of ether oxygens (including phenoxy) is 1. The van der Waals surface area contributed by atoms with Gasteiger partial charge in [0.15, 0.2) is 14.9 Å². The minimum atomic E-state index is -5.75. The molecular formula is C17H18F5NO2Si. The molecule has 0 saturated heterocycles. The maximum atomic E-state index is 14.1. The van der Waals surface area contributed by atoms with Crippen molar-refractivity contribution in [3.8, 4) is 0 Å². The van der Waals surface area contributed by atoms with E-state index < -0.39 is 32.9 Å². The summed E-state index contributed by atoms with van der Waals surface area (Å²) in [5.74, 6) is -6.89. The van der Waals surface area contributed by atoms with Crippen LogP contribution in [-0.4, -0.2) is 39.9 Å². The molecule has 0 fully saturated rings. The lowest BCUT2D eigenvalue weighted by molar-refractivity contribution is -0.321. The van der Waals surface area contributed by atoms with Crippen LogP contribution in [-0.2, 0) is 9.53 Å². The molecule has 0 aromatic heterocycles. The van der Waals surface area contributed by atoms with Crippen molar-refractivity contribution in [2.75, 3.05) is 18.8 Å². The van der Waals surface area contributed by atoms with E-state index in [4.69, 9.17) is 0 Å². The van der Waals surface area contributed by atoms with E-state index in [0.717, 1.165) is 7.05 Å².